The lowest BCUT2D eigenvalue weighted by atomic mass is 10.1. The summed E-state index contributed by atoms with van der Waals surface area (Å²) in [5.41, 5.74) is -0.984. The van der Waals surface area contributed by atoms with Gasteiger partial charge in [0, 0.05) is 24.8 Å². The average Bonchev–Trinajstić information content (AvgIpc) is 2.39. The van der Waals surface area contributed by atoms with Crippen molar-refractivity contribution < 1.29 is 17.9 Å². The van der Waals surface area contributed by atoms with Gasteiger partial charge in [-0.3, -0.25) is 0 Å². The van der Waals surface area contributed by atoms with E-state index in [1.807, 2.05) is 6.92 Å². The summed E-state index contributed by atoms with van der Waals surface area (Å²) < 4.78 is 43.8. The van der Waals surface area contributed by atoms with E-state index in [1.165, 1.54) is 12.1 Å². The van der Waals surface area contributed by atoms with E-state index in [2.05, 4.69) is 10.6 Å². The van der Waals surface area contributed by atoms with Crippen LogP contribution in [0, 0.1) is 0 Å². The molecule has 0 unspecified atom stereocenters. The molecule has 0 spiro atoms. The van der Waals surface area contributed by atoms with Crippen molar-refractivity contribution in [2.24, 2.45) is 0 Å². The molecule has 1 rings (SSSR count). The summed E-state index contributed by atoms with van der Waals surface area (Å²) in [7, 11) is 0. The minimum absolute atomic E-state index is 0.0171. The molecule has 0 atom stereocenters. The SMILES string of the molecule is CCOCCCNC(=S)Nc1ccc(Cl)cc1C(F)(F)F. The molecular weight excluding hydrogens is 325 g/mol. The Labute approximate surface area is 131 Å². The van der Waals surface area contributed by atoms with Crippen LogP contribution in [0.3, 0.4) is 0 Å². The summed E-state index contributed by atoms with van der Waals surface area (Å²) in [6, 6.07) is 3.48. The highest BCUT2D eigenvalue weighted by Crippen LogP contribution is 2.36. The molecule has 0 aliphatic carbocycles. The average molecular weight is 341 g/mol. The number of benzene rings is 1. The van der Waals surface area contributed by atoms with Gasteiger partial charge in [0.15, 0.2) is 5.11 Å². The van der Waals surface area contributed by atoms with E-state index in [4.69, 9.17) is 28.6 Å². The lowest BCUT2D eigenvalue weighted by Crippen LogP contribution is -2.30. The van der Waals surface area contributed by atoms with Crippen molar-refractivity contribution in [1.29, 1.82) is 0 Å². The quantitative estimate of drug-likeness (QED) is 0.604. The van der Waals surface area contributed by atoms with Crippen molar-refractivity contribution in [2.45, 2.75) is 19.5 Å². The van der Waals surface area contributed by atoms with Crippen molar-refractivity contribution in [3.8, 4) is 0 Å². The molecule has 8 heteroatoms. The molecule has 2 N–H and O–H groups in total. The van der Waals surface area contributed by atoms with Gasteiger partial charge >= 0.3 is 6.18 Å². The van der Waals surface area contributed by atoms with Gasteiger partial charge in [-0.25, -0.2) is 0 Å². The largest absolute Gasteiger partial charge is 0.418 e. The fraction of sp³-hybridized carbons (Fsp3) is 0.462. The number of nitrogens with one attached hydrogen (secondary N) is 2. The van der Waals surface area contributed by atoms with Crippen LogP contribution in [0.5, 0.6) is 0 Å². The van der Waals surface area contributed by atoms with Crippen molar-refractivity contribution in [1.82, 2.24) is 5.32 Å². The van der Waals surface area contributed by atoms with Gasteiger partial charge in [-0.05, 0) is 43.8 Å². The first-order valence-corrected chi connectivity index (χ1v) is 7.12. The first kappa shape index (κ1) is 18.0. The third kappa shape index (κ3) is 6.50. The van der Waals surface area contributed by atoms with Gasteiger partial charge in [0.1, 0.15) is 0 Å². The van der Waals surface area contributed by atoms with Crippen LogP contribution >= 0.6 is 23.8 Å². The van der Waals surface area contributed by atoms with E-state index in [1.54, 1.807) is 0 Å². The Hall–Kier alpha value is -1.05. The number of ether oxygens (including phenoxy) is 1. The van der Waals surface area contributed by atoms with Crippen molar-refractivity contribution >= 4 is 34.6 Å². The molecule has 3 nitrogen and oxygen atoms in total. The van der Waals surface area contributed by atoms with E-state index < -0.39 is 11.7 Å². The smallest absolute Gasteiger partial charge is 0.382 e. The topological polar surface area (TPSA) is 33.3 Å². The zero-order chi connectivity index (χ0) is 15.9. The second kappa shape index (κ2) is 8.41. The van der Waals surface area contributed by atoms with E-state index in [-0.39, 0.29) is 15.8 Å². The maximum absolute atomic E-state index is 12.9. The standard InChI is InChI=1S/C13H16ClF3N2OS/c1-2-20-7-3-6-18-12(21)19-11-5-4-9(14)8-10(11)13(15,16)17/h4-5,8H,2-3,6-7H2,1H3,(H2,18,19,21). The highest BCUT2D eigenvalue weighted by atomic mass is 35.5. The molecule has 0 aliphatic rings. The van der Waals surface area contributed by atoms with E-state index in [0.29, 0.717) is 26.2 Å². The number of thiocarbonyl (C=S) groups is 1. The van der Waals surface area contributed by atoms with Gasteiger partial charge in [-0.2, -0.15) is 13.2 Å². The number of rotatable bonds is 6. The molecule has 0 fully saturated rings. The van der Waals surface area contributed by atoms with Crippen molar-refractivity contribution in [3.05, 3.63) is 28.8 Å². The van der Waals surface area contributed by atoms with Crippen molar-refractivity contribution in [3.63, 3.8) is 0 Å². The molecule has 1 aromatic carbocycles. The molecular formula is C13H16ClF3N2OS. The summed E-state index contributed by atoms with van der Waals surface area (Å²) in [6.07, 6.45) is -3.79. The van der Waals surface area contributed by atoms with E-state index in [0.717, 1.165) is 6.07 Å². The lowest BCUT2D eigenvalue weighted by Gasteiger charge is -2.16. The van der Waals surface area contributed by atoms with Gasteiger partial charge in [0.25, 0.3) is 0 Å². The summed E-state index contributed by atoms with van der Waals surface area (Å²) in [5, 5.41) is 5.50. The molecule has 1 aromatic rings. The Kier molecular flexibility index (Phi) is 7.21. The highest BCUT2D eigenvalue weighted by Gasteiger charge is 2.33. The van der Waals surface area contributed by atoms with Gasteiger partial charge < -0.3 is 15.4 Å². The zero-order valence-corrected chi connectivity index (χ0v) is 13.0. The van der Waals surface area contributed by atoms with Gasteiger partial charge in [0.05, 0.1) is 11.3 Å². The Morgan fingerprint density at radius 1 is 1.38 bits per heavy atom. The number of hydrogen-bond acceptors (Lipinski definition) is 2. The molecule has 21 heavy (non-hydrogen) atoms. The first-order valence-electron chi connectivity index (χ1n) is 6.34. The number of alkyl halides is 3. The van der Waals surface area contributed by atoms with Crippen LogP contribution in [0.4, 0.5) is 18.9 Å². The summed E-state index contributed by atoms with van der Waals surface area (Å²) in [5.74, 6) is 0. The molecule has 118 valence electrons. The van der Waals surface area contributed by atoms with Crippen LogP contribution < -0.4 is 10.6 Å². The Bertz CT molecular complexity index is 483. The number of anilines is 1. The predicted molar refractivity (Wildman–Crippen MR) is 81.8 cm³/mol. The summed E-state index contributed by atoms with van der Waals surface area (Å²) in [4.78, 5) is 0. The molecule has 0 saturated carbocycles. The third-order valence-electron chi connectivity index (χ3n) is 2.49. The lowest BCUT2D eigenvalue weighted by molar-refractivity contribution is -0.136. The van der Waals surface area contributed by atoms with E-state index >= 15 is 0 Å². The van der Waals surface area contributed by atoms with Crippen LogP contribution in [0.15, 0.2) is 18.2 Å². The Balaban J connectivity index is 2.60. The molecule has 0 bridgehead atoms. The molecule has 0 saturated heterocycles. The predicted octanol–water partition coefficient (Wildman–Crippen LogP) is 4.07. The minimum Gasteiger partial charge on any atom is -0.382 e. The van der Waals surface area contributed by atoms with Gasteiger partial charge in [0.2, 0.25) is 0 Å². The molecule has 0 aromatic heterocycles. The molecule has 0 radical (unpaired) electrons. The molecule has 0 heterocycles. The molecule has 0 amide bonds. The minimum atomic E-state index is -4.50. The fourth-order valence-corrected chi connectivity index (χ4v) is 1.93. The van der Waals surface area contributed by atoms with Gasteiger partial charge in [-0.1, -0.05) is 11.6 Å². The van der Waals surface area contributed by atoms with Crippen LogP contribution in [0.25, 0.3) is 0 Å². The number of halogens is 4. The fourth-order valence-electron chi connectivity index (χ4n) is 1.55. The third-order valence-corrected chi connectivity index (χ3v) is 2.97. The Morgan fingerprint density at radius 3 is 2.71 bits per heavy atom. The van der Waals surface area contributed by atoms with Crippen LogP contribution in [0.1, 0.15) is 18.9 Å². The first-order chi connectivity index (χ1) is 9.84. The monoisotopic (exact) mass is 340 g/mol. The van der Waals surface area contributed by atoms with Crippen LogP contribution in [-0.2, 0) is 10.9 Å². The van der Waals surface area contributed by atoms with Gasteiger partial charge in [-0.15, -0.1) is 0 Å². The van der Waals surface area contributed by atoms with Crippen molar-refractivity contribution in [2.75, 3.05) is 25.1 Å². The zero-order valence-electron chi connectivity index (χ0n) is 11.4. The normalized spacial score (nSPS) is 11.3. The van der Waals surface area contributed by atoms with Crippen LogP contribution in [-0.4, -0.2) is 24.9 Å². The second-order valence-corrected chi connectivity index (χ2v) is 4.96. The summed E-state index contributed by atoms with van der Waals surface area (Å²) >= 11 is 10.6. The highest BCUT2D eigenvalue weighted by molar-refractivity contribution is 7.80. The Morgan fingerprint density at radius 2 is 2.10 bits per heavy atom. The number of hydrogen-bond donors (Lipinski definition) is 2. The van der Waals surface area contributed by atoms with Crippen LogP contribution in [0.2, 0.25) is 5.02 Å². The second-order valence-electron chi connectivity index (χ2n) is 4.12. The van der Waals surface area contributed by atoms with E-state index in [9.17, 15) is 13.2 Å². The molecule has 0 aliphatic heterocycles. The maximum Gasteiger partial charge on any atom is 0.418 e. The maximum atomic E-state index is 12.9. The summed E-state index contributed by atoms with van der Waals surface area (Å²) in [6.45, 7) is 3.60.